The lowest BCUT2D eigenvalue weighted by Crippen LogP contribution is -2.35. The molecule has 4 nitrogen and oxygen atoms in total. The number of amidine groups is 1. The fourth-order valence-corrected chi connectivity index (χ4v) is 7.81. The van der Waals surface area contributed by atoms with Crippen LogP contribution in [-0.4, -0.2) is 34.0 Å². The molecule has 1 N–H and O–H groups in total. The maximum absolute atomic E-state index is 9.71. The Balaban J connectivity index is 1.56. The standard InChI is InChI=1S/C25H24Cl2N4S4/c1-3-16-9-22(34-14-16)17(10-20-21(12-28)15(2)35-23(20)27)13-29-25-31(7-8-33-25)24(32)30-19-6-4-5-18(26)11-19/h4-6,9,11,14,17H,3,7-8,10,13H2,1-2H3,(H,30,32). The van der Waals surface area contributed by atoms with Crippen LogP contribution in [0.25, 0.3) is 0 Å². The van der Waals surface area contributed by atoms with Gasteiger partial charge in [0.2, 0.25) is 0 Å². The number of aryl methyl sites for hydroxylation is 2. The topological polar surface area (TPSA) is 51.4 Å². The zero-order valence-corrected chi connectivity index (χ0v) is 24.1. The normalized spacial score (nSPS) is 15.4. The molecule has 4 rings (SSSR count). The molecular weight excluding hydrogens is 555 g/mol. The number of hydrogen-bond acceptors (Lipinski definition) is 6. The number of rotatable bonds is 7. The largest absolute Gasteiger partial charge is 0.332 e. The second-order valence-corrected chi connectivity index (χ2v) is 12.7. The summed E-state index contributed by atoms with van der Waals surface area (Å²) in [6, 6.07) is 12.1. The van der Waals surface area contributed by atoms with Gasteiger partial charge in [0.05, 0.1) is 9.90 Å². The molecule has 1 aromatic carbocycles. The number of thiocarbonyl (C=S) groups is 1. The van der Waals surface area contributed by atoms with Gasteiger partial charge in [0.25, 0.3) is 0 Å². The van der Waals surface area contributed by atoms with Crippen molar-refractivity contribution in [3.05, 3.63) is 71.5 Å². The minimum absolute atomic E-state index is 0.129. The van der Waals surface area contributed by atoms with Crippen LogP contribution in [0, 0.1) is 18.3 Å². The Kier molecular flexibility index (Phi) is 9.14. The molecule has 0 saturated carbocycles. The Morgan fingerprint density at radius 2 is 2.17 bits per heavy atom. The third kappa shape index (κ3) is 6.40. The first kappa shape index (κ1) is 26.5. The Hall–Kier alpha value is -1.60. The monoisotopic (exact) mass is 578 g/mol. The summed E-state index contributed by atoms with van der Waals surface area (Å²) in [5, 5.41) is 17.4. The van der Waals surface area contributed by atoms with Gasteiger partial charge in [-0.2, -0.15) is 5.26 Å². The maximum Gasteiger partial charge on any atom is 0.179 e. The highest BCUT2D eigenvalue weighted by Crippen LogP contribution is 2.37. The van der Waals surface area contributed by atoms with Gasteiger partial charge in [-0.15, -0.1) is 22.7 Å². The first-order valence-corrected chi connectivity index (χ1v) is 15.0. The Morgan fingerprint density at radius 1 is 1.34 bits per heavy atom. The predicted octanol–water partition coefficient (Wildman–Crippen LogP) is 7.99. The molecule has 0 aliphatic carbocycles. The highest BCUT2D eigenvalue weighted by Gasteiger charge is 2.26. The summed E-state index contributed by atoms with van der Waals surface area (Å²) >= 11 is 23.3. The van der Waals surface area contributed by atoms with Crippen LogP contribution < -0.4 is 5.32 Å². The smallest absolute Gasteiger partial charge is 0.179 e. The van der Waals surface area contributed by atoms with E-state index in [9.17, 15) is 5.26 Å². The van der Waals surface area contributed by atoms with Crippen molar-refractivity contribution >= 4 is 85.8 Å². The SMILES string of the molecule is CCc1csc(C(CN=C2SCCN2C(=S)Nc2cccc(Cl)c2)Cc2c(Cl)sc(C)c2C#N)c1. The Morgan fingerprint density at radius 3 is 2.89 bits per heavy atom. The van der Waals surface area contributed by atoms with Gasteiger partial charge >= 0.3 is 0 Å². The number of benzene rings is 1. The number of halogens is 2. The molecule has 0 radical (unpaired) electrons. The van der Waals surface area contributed by atoms with E-state index in [1.807, 2.05) is 36.1 Å². The molecule has 1 atom stereocenters. The summed E-state index contributed by atoms with van der Waals surface area (Å²) < 4.78 is 0.702. The van der Waals surface area contributed by atoms with Gasteiger partial charge in [-0.25, -0.2) is 0 Å². The average molecular weight is 580 g/mol. The van der Waals surface area contributed by atoms with E-state index in [1.165, 1.54) is 21.8 Å². The van der Waals surface area contributed by atoms with Gasteiger partial charge in [0.15, 0.2) is 10.3 Å². The van der Waals surface area contributed by atoms with Crippen LogP contribution >= 0.6 is 69.9 Å². The van der Waals surface area contributed by atoms with E-state index < -0.39 is 0 Å². The van der Waals surface area contributed by atoms with Crippen LogP contribution in [0.1, 0.15) is 39.3 Å². The Labute approximate surface area is 234 Å². The van der Waals surface area contributed by atoms with Crippen LogP contribution in [0.15, 0.2) is 40.7 Å². The van der Waals surface area contributed by atoms with Crippen molar-refractivity contribution in [1.29, 1.82) is 5.26 Å². The van der Waals surface area contributed by atoms with E-state index in [4.69, 9.17) is 40.4 Å². The molecule has 3 aromatic rings. The van der Waals surface area contributed by atoms with Crippen LogP contribution in [0.5, 0.6) is 0 Å². The number of nitrogens with one attached hydrogen (secondary N) is 1. The minimum atomic E-state index is 0.129. The highest BCUT2D eigenvalue weighted by molar-refractivity contribution is 8.14. The number of nitrogens with zero attached hydrogens (tertiary/aromatic N) is 3. The van der Waals surface area contributed by atoms with E-state index in [2.05, 4.69) is 29.8 Å². The van der Waals surface area contributed by atoms with E-state index >= 15 is 0 Å². The fraction of sp³-hybridized carbons (Fsp3) is 0.320. The molecule has 182 valence electrons. The van der Waals surface area contributed by atoms with Crippen molar-refractivity contribution in [2.75, 3.05) is 24.2 Å². The van der Waals surface area contributed by atoms with E-state index in [0.29, 0.717) is 33.0 Å². The van der Waals surface area contributed by atoms with E-state index in [1.54, 1.807) is 23.1 Å². The summed E-state index contributed by atoms with van der Waals surface area (Å²) in [6.07, 6.45) is 1.68. The van der Waals surface area contributed by atoms with Crippen LogP contribution in [0.2, 0.25) is 9.36 Å². The van der Waals surface area contributed by atoms with Crippen molar-refractivity contribution in [2.45, 2.75) is 32.6 Å². The van der Waals surface area contributed by atoms with Gasteiger partial charge in [0, 0.05) is 50.8 Å². The molecule has 0 bridgehead atoms. The van der Waals surface area contributed by atoms with Crippen molar-refractivity contribution in [3.63, 3.8) is 0 Å². The minimum Gasteiger partial charge on any atom is -0.332 e. The molecule has 1 saturated heterocycles. The second-order valence-electron chi connectivity index (χ2n) is 8.07. The molecule has 1 aliphatic heterocycles. The maximum atomic E-state index is 9.71. The average Bonchev–Trinajstić information content (AvgIpc) is 3.55. The van der Waals surface area contributed by atoms with Crippen LogP contribution in [0.3, 0.4) is 0 Å². The third-order valence-electron chi connectivity index (χ3n) is 5.73. The molecular formula is C25H24Cl2N4S4. The lowest BCUT2D eigenvalue weighted by Gasteiger charge is -2.21. The first-order chi connectivity index (χ1) is 16.9. The quantitative estimate of drug-likeness (QED) is 0.288. The van der Waals surface area contributed by atoms with E-state index in [0.717, 1.165) is 40.0 Å². The molecule has 0 spiro atoms. The summed E-state index contributed by atoms with van der Waals surface area (Å²) in [5.74, 6) is 1.05. The summed E-state index contributed by atoms with van der Waals surface area (Å²) in [7, 11) is 0. The number of aliphatic imine (C=N–C) groups is 1. The summed E-state index contributed by atoms with van der Waals surface area (Å²) in [5.41, 5.74) is 3.81. The summed E-state index contributed by atoms with van der Waals surface area (Å²) in [4.78, 5) is 9.30. The zero-order chi connectivity index (χ0) is 24.9. The van der Waals surface area contributed by atoms with Gasteiger partial charge in [0.1, 0.15) is 6.07 Å². The number of thioether (sulfide) groups is 1. The van der Waals surface area contributed by atoms with Crippen molar-refractivity contribution in [3.8, 4) is 6.07 Å². The van der Waals surface area contributed by atoms with Crippen molar-refractivity contribution < 1.29 is 0 Å². The molecule has 3 heterocycles. The molecule has 10 heteroatoms. The van der Waals surface area contributed by atoms with Crippen LogP contribution in [0.4, 0.5) is 5.69 Å². The molecule has 1 fully saturated rings. The fourth-order valence-electron chi connectivity index (χ4n) is 3.85. The zero-order valence-electron chi connectivity index (χ0n) is 19.3. The number of hydrogen-bond donors (Lipinski definition) is 1. The van der Waals surface area contributed by atoms with Crippen molar-refractivity contribution in [2.24, 2.45) is 4.99 Å². The summed E-state index contributed by atoms with van der Waals surface area (Å²) in [6.45, 7) is 5.51. The van der Waals surface area contributed by atoms with Gasteiger partial charge in [-0.3, -0.25) is 9.89 Å². The predicted molar refractivity (Wildman–Crippen MR) is 158 cm³/mol. The van der Waals surface area contributed by atoms with Gasteiger partial charge < -0.3 is 5.32 Å². The lowest BCUT2D eigenvalue weighted by atomic mass is 9.96. The molecule has 2 aromatic heterocycles. The number of thiophene rings is 2. The first-order valence-electron chi connectivity index (χ1n) is 11.2. The Bertz CT molecular complexity index is 1290. The van der Waals surface area contributed by atoms with Crippen LogP contribution in [-0.2, 0) is 12.8 Å². The second kappa shape index (κ2) is 12.1. The molecule has 1 aliphatic rings. The highest BCUT2D eigenvalue weighted by atomic mass is 35.5. The van der Waals surface area contributed by atoms with Gasteiger partial charge in [-0.1, -0.05) is 48.0 Å². The molecule has 35 heavy (non-hydrogen) atoms. The third-order valence-corrected chi connectivity index (χ3v) is 9.82. The molecule has 1 unspecified atom stereocenters. The van der Waals surface area contributed by atoms with E-state index in [-0.39, 0.29) is 5.92 Å². The van der Waals surface area contributed by atoms with Crippen molar-refractivity contribution in [1.82, 2.24) is 4.90 Å². The lowest BCUT2D eigenvalue weighted by molar-refractivity contribution is 0.664. The number of nitriles is 1. The van der Waals surface area contributed by atoms with Gasteiger partial charge in [-0.05, 0) is 67.2 Å². The number of anilines is 1. The molecule has 0 amide bonds.